The summed E-state index contributed by atoms with van der Waals surface area (Å²) in [6.45, 7) is 0.635. The van der Waals surface area contributed by atoms with Crippen LogP contribution < -0.4 is 9.47 Å². The fraction of sp³-hybridized carbons (Fsp3) is 0.267. The molecule has 4 heterocycles. The molecule has 1 N–H and O–H groups in total. The van der Waals surface area contributed by atoms with Gasteiger partial charge in [0.15, 0.2) is 11.5 Å². The summed E-state index contributed by atoms with van der Waals surface area (Å²) in [4.78, 5) is 34.7. The van der Waals surface area contributed by atoms with Gasteiger partial charge in [-0.3, -0.25) is 9.59 Å². The molecule has 186 valence electrons. The van der Waals surface area contributed by atoms with Gasteiger partial charge in [0.25, 0.3) is 0 Å². The van der Waals surface area contributed by atoms with Crippen molar-refractivity contribution in [2.75, 3.05) is 13.3 Å². The lowest BCUT2D eigenvalue weighted by Gasteiger charge is -2.47. The summed E-state index contributed by atoms with van der Waals surface area (Å²) in [5, 5.41) is 1.13. The van der Waals surface area contributed by atoms with Crippen LogP contribution in [0.2, 0.25) is 0 Å². The minimum absolute atomic E-state index is 0.00194. The SMILES string of the molecule is O=C1[C@@H]2Cc3c([nH]c4ccccc34)[C@@H](CCc3ccccc3)N2C(=O)CN1Cc1ccc2c(c1)OCO2. The summed E-state index contributed by atoms with van der Waals surface area (Å²) in [7, 11) is 0. The van der Waals surface area contributed by atoms with Gasteiger partial charge in [-0.25, -0.2) is 0 Å². The number of piperazine rings is 1. The highest BCUT2D eigenvalue weighted by atomic mass is 16.7. The van der Waals surface area contributed by atoms with Crippen LogP contribution in [0.15, 0.2) is 72.8 Å². The fourth-order valence-corrected chi connectivity index (χ4v) is 6.09. The molecule has 37 heavy (non-hydrogen) atoms. The third-order valence-electron chi connectivity index (χ3n) is 7.82. The number of benzene rings is 3. The zero-order chi connectivity index (χ0) is 24.9. The molecule has 3 aromatic carbocycles. The monoisotopic (exact) mass is 493 g/mol. The van der Waals surface area contributed by atoms with Crippen LogP contribution in [0.1, 0.15) is 34.8 Å². The zero-order valence-corrected chi connectivity index (χ0v) is 20.4. The van der Waals surface area contributed by atoms with E-state index in [4.69, 9.17) is 9.47 Å². The van der Waals surface area contributed by atoms with Gasteiger partial charge in [0.2, 0.25) is 18.6 Å². The van der Waals surface area contributed by atoms with Crippen molar-refractivity contribution in [2.45, 2.75) is 37.9 Å². The predicted octanol–water partition coefficient (Wildman–Crippen LogP) is 4.37. The Bertz CT molecular complexity index is 1510. The van der Waals surface area contributed by atoms with Crippen LogP contribution in [0.4, 0.5) is 0 Å². The Labute approximate surface area is 214 Å². The molecule has 3 aliphatic heterocycles. The first-order chi connectivity index (χ1) is 18.2. The van der Waals surface area contributed by atoms with Crippen LogP contribution in [0.3, 0.4) is 0 Å². The third kappa shape index (κ3) is 3.73. The molecule has 4 aromatic rings. The van der Waals surface area contributed by atoms with Crippen LogP contribution in [0.5, 0.6) is 11.5 Å². The highest BCUT2D eigenvalue weighted by molar-refractivity contribution is 5.97. The normalized spacial score (nSPS) is 20.3. The molecule has 0 radical (unpaired) electrons. The number of H-pyrrole nitrogens is 1. The van der Waals surface area contributed by atoms with Crippen molar-refractivity contribution in [1.82, 2.24) is 14.8 Å². The van der Waals surface area contributed by atoms with Crippen LogP contribution in [0.25, 0.3) is 10.9 Å². The lowest BCUT2D eigenvalue weighted by atomic mass is 9.86. The minimum atomic E-state index is -0.511. The maximum atomic E-state index is 13.9. The molecule has 7 nitrogen and oxygen atoms in total. The molecule has 1 saturated heterocycles. The maximum absolute atomic E-state index is 13.9. The first kappa shape index (κ1) is 22.0. The van der Waals surface area contributed by atoms with E-state index in [1.807, 2.05) is 53.4 Å². The molecule has 7 rings (SSSR count). The smallest absolute Gasteiger partial charge is 0.246 e. The van der Waals surface area contributed by atoms with Gasteiger partial charge in [0, 0.05) is 29.6 Å². The summed E-state index contributed by atoms with van der Waals surface area (Å²) in [6, 6.07) is 23.5. The van der Waals surface area contributed by atoms with Crippen molar-refractivity contribution in [3.8, 4) is 11.5 Å². The highest BCUT2D eigenvalue weighted by Crippen LogP contribution is 2.41. The van der Waals surface area contributed by atoms with Crippen molar-refractivity contribution in [2.24, 2.45) is 0 Å². The number of carbonyl (C=O) groups excluding carboxylic acids is 2. The number of amides is 2. The van der Waals surface area contributed by atoms with E-state index >= 15 is 0 Å². The number of nitrogens with zero attached hydrogens (tertiary/aromatic N) is 2. The topological polar surface area (TPSA) is 74.9 Å². The Morgan fingerprint density at radius 1 is 0.892 bits per heavy atom. The molecule has 2 atom stereocenters. The lowest BCUT2D eigenvalue weighted by Crippen LogP contribution is -2.62. The molecule has 1 aromatic heterocycles. The second-order valence-corrected chi connectivity index (χ2v) is 10.0. The number of nitrogens with one attached hydrogen (secondary N) is 1. The molecule has 0 unspecified atom stereocenters. The van der Waals surface area contributed by atoms with Gasteiger partial charge in [-0.2, -0.15) is 0 Å². The molecule has 7 heteroatoms. The van der Waals surface area contributed by atoms with E-state index < -0.39 is 6.04 Å². The van der Waals surface area contributed by atoms with Crippen LogP contribution in [-0.4, -0.2) is 46.0 Å². The van der Waals surface area contributed by atoms with Gasteiger partial charge >= 0.3 is 0 Å². The standard InChI is InChI=1S/C30H27N3O4/c34-28-17-32(16-20-11-13-26-27(14-20)37-18-36-26)30(35)25-15-22-21-8-4-5-9-23(21)31-29(22)24(33(25)28)12-10-19-6-2-1-3-7-19/h1-9,11,13-14,24-25,31H,10,12,15-18H2/t24-,25+/m1/s1. The highest BCUT2D eigenvalue weighted by Gasteiger charge is 2.47. The first-order valence-corrected chi connectivity index (χ1v) is 12.8. The number of hydrogen-bond acceptors (Lipinski definition) is 4. The largest absolute Gasteiger partial charge is 0.454 e. The molecule has 2 amide bonds. The number of aryl methyl sites for hydroxylation is 1. The molecule has 0 saturated carbocycles. The molecule has 0 bridgehead atoms. The van der Waals surface area contributed by atoms with Crippen LogP contribution in [-0.2, 0) is 29.0 Å². The van der Waals surface area contributed by atoms with Crippen LogP contribution >= 0.6 is 0 Å². The third-order valence-corrected chi connectivity index (χ3v) is 7.82. The van der Waals surface area contributed by atoms with E-state index in [1.54, 1.807) is 4.90 Å². The van der Waals surface area contributed by atoms with Gasteiger partial charge in [-0.15, -0.1) is 0 Å². The number of ether oxygens (including phenoxy) is 2. The van der Waals surface area contributed by atoms with Crippen molar-refractivity contribution in [3.05, 3.63) is 95.2 Å². The number of aromatic nitrogens is 1. The molecular formula is C30H27N3O4. The van der Waals surface area contributed by atoms with Gasteiger partial charge in [0.05, 0.1) is 6.04 Å². The summed E-state index contributed by atoms with van der Waals surface area (Å²) in [6.07, 6.45) is 2.09. The molecule has 3 aliphatic rings. The summed E-state index contributed by atoms with van der Waals surface area (Å²) in [5.41, 5.74) is 5.42. The average Bonchev–Trinajstić information content (AvgIpc) is 3.54. The molecule has 1 fully saturated rings. The zero-order valence-electron chi connectivity index (χ0n) is 20.4. The van der Waals surface area contributed by atoms with Crippen LogP contribution in [0, 0.1) is 0 Å². The summed E-state index contributed by atoms with van der Waals surface area (Å²) in [5.74, 6) is 1.37. The van der Waals surface area contributed by atoms with E-state index in [0.717, 1.165) is 40.6 Å². The first-order valence-electron chi connectivity index (χ1n) is 12.8. The minimum Gasteiger partial charge on any atom is -0.454 e. The number of hydrogen-bond donors (Lipinski definition) is 1. The van der Waals surface area contributed by atoms with Gasteiger partial charge in [-0.1, -0.05) is 54.6 Å². The number of carbonyl (C=O) groups is 2. The molecule has 0 spiro atoms. The van der Waals surface area contributed by atoms with Gasteiger partial charge in [-0.05, 0) is 47.7 Å². The number of fused-ring (bicyclic) bond motifs is 5. The lowest BCUT2D eigenvalue weighted by molar-refractivity contribution is -0.160. The Kier molecular flexibility index (Phi) is 5.16. The number of aromatic amines is 1. The molecular weight excluding hydrogens is 466 g/mol. The maximum Gasteiger partial charge on any atom is 0.246 e. The van der Waals surface area contributed by atoms with E-state index in [2.05, 4.69) is 29.2 Å². The fourth-order valence-electron chi connectivity index (χ4n) is 6.09. The number of rotatable bonds is 5. The van der Waals surface area contributed by atoms with E-state index in [-0.39, 0.29) is 31.2 Å². The summed E-state index contributed by atoms with van der Waals surface area (Å²) >= 11 is 0. The van der Waals surface area contributed by atoms with Crippen molar-refractivity contribution in [1.29, 1.82) is 0 Å². The van der Waals surface area contributed by atoms with Crippen molar-refractivity contribution in [3.63, 3.8) is 0 Å². The Hall–Kier alpha value is -4.26. The van der Waals surface area contributed by atoms with Gasteiger partial charge in [0.1, 0.15) is 12.6 Å². The average molecular weight is 494 g/mol. The van der Waals surface area contributed by atoms with E-state index in [9.17, 15) is 9.59 Å². The Morgan fingerprint density at radius 3 is 2.59 bits per heavy atom. The quantitative estimate of drug-likeness (QED) is 0.448. The van der Waals surface area contributed by atoms with E-state index in [1.165, 1.54) is 5.56 Å². The predicted molar refractivity (Wildman–Crippen MR) is 138 cm³/mol. The molecule has 0 aliphatic carbocycles. The van der Waals surface area contributed by atoms with Gasteiger partial charge < -0.3 is 24.3 Å². The second kappa shape index (κ2) is 8.69. The van der Waals surface area contributed by atoms with Crippen molar-refractivity contribution >= 4 is 22.7 Å². The van der Waals surface area contributed by atoms with E-state index in [0.29, 0.717) is 24.5 Å². The second-order valence-electron chi connectivity index (χ2n) is 10.0. The van der Waals surface area contributed by atoms with Crippen molar-refractivity contribution < 1.29 is 19.1 Å². The summed E-state index contributed by atoms with van der Waals surface area (Å²) < 4.78 is 10.9. The Morgan fingerprint density at radius 2 is 1.70 bits per heavy atom. The number of para-hydroxylation sites is 1. The Balaban J connectivity index is 1.22.